The lowest BCUT2D eigenvalue weighted by Crippen LogP contribution is -2.36. The lowest BCUT2D eigenvalue weighted by Gasteiger charge is -2.18. The van der Waals surface area contributed by atoms with E-state index in [-0.39, 0.29) is 17.9 Å². The topological polar surface area (TPSA) is 49.3 Å². The molecule has 14 heavy (non-hydrogen) atoms. The van der Waals surface area contributed by atoms with Crippen molar-refractivity contribution < 1.29 is 9.32 Å². The number of hydrogen-bond donors (Lipinski definition) is 2. The maximum atomic E-state index is 11.6. The summed E-state index contributed by atoms with van der Waals surface area (Å²) in [5, 5.41) is 12.4. The second kappa shape index (κ2) is 8.38. The lowest BCUT2D eigenvalue weighted by molar-refractivity contribution is 0.270. The summed E-state index contributed by atoms with van der Waals surface area (Å²) in [4.78, 5) is 0. The standard InChI is InChI=1S/C10H23NO2S/c1-4-6-11-10(5-7-12)8-14(13)9(2)3/h9-12H,4-8H2,1-3H3. The maximum absolute atomic E-state index is 11.6. The van der Waals surface area contributed by atoms with Crippen molar-refractivity contribution in [2.24, 2.45) is 0 Å². The number of aliphatic hydroxyl groups excluding tert-OH is 1. The van der Waals surface area contributed by atoms with Gasteiger partial charge in [-0.15, -0.1) is 0 Å². The molecule has 2 atom stereocenters. The van der Waals surface area contributed by atoms with E-state index in [2.05, 4.69) is 12.2 Å². The molecule has 2 unspecified atom stereocenters. The third kappa shape index (κ3) is 6.51. The van der Waals surface area contributed by atoms with Crippen LogP contribution < -0.4 is 5.32 Å². The van der Waals surface area contributed by atoms with E-state index in [9.17, 15) is 4.21 Å². The van der Waals surface area contributed by atoms with Gasteiger partial charge < -0.3 is 10.4 Å². The van der Waals surface area contributed by atoms with Crippen molar-refractivity contribution in [1.82, 2.24) is 5.32 Å². The molecular weight excluding hydrogens is 198 g/mol. The summed E-state index contributed by atoms with van der Waals surface area (Å²) < 4.78 is 11.6. The van der Waals surface area contributed by atoms with E-state index in [1.807, 2.05) is 13.8 Å². The van der Waals surface area contributed by atoms with Crippen LogP contribution in [0, 0.1) is 0 Å². The SMILES string of the molecule is CCCNC(CCO)CS(=O)C(C)C. The first-order valence-corrected chi connectivity index (χ1v) is 6.71. The molecule has 0 aromatic rings. The molecule has 0 aromatic heterocycles. The molecule has 86 valence electrons. The Labute approximate surface area is 89.7 Å². The first kappa shape index (κ1) is 14.1. The third-order valence-corrected chi connectivity index (χ3v) is 3.83. The molecule has 2 N–H and O–H groups in total. The lowest BCUT2D eigenvalue weighted by atomic mass is 10.2. The van der Waals surface area contributed by atoms with Crippen LogP contribution >= 0.6 is 0 Å². The number of nitrogens with one attached hydrogen (secondary N) is 1. The van der Waals surface area contributed by atoms with Gasteiger partial charge in [-0.25, -0.2) is 0 Å². The van der Waals surface area contributed by atoms with Crippen molar-refractivity contribution in [3.05, 3.63) is 0 Å². The van der Waals surface area contributed by atoms with Crippen LogP contribution in [0.5, 0.6) is 0 Å². The minimum Gasteiger partial charge on any atom is -0.396 e. The highest BCUT2D eigenvalue weighted by molar-refractivity contribution is 7.85. The highest BCUT2D eigenvalue weighted by Crippen LogP contribution is 2.00. The third-order valence-electron chi connectivity index (χ3n) is 2.05. The minimum atomic E-state index is -0.780. The molecule has 0 saturated carbocycles. The fourth-order valence-corrected chi connectivity index (χ4v) is 2.21. The van der Waals surface area contributed by atoms with Crippen LogP contribution in [0.3, 0.4) is 0 Å². The van der Waals surface area contributed by atoms with Gasteiger partial charge in [0.1, 0.15) is 0 Å². The van der Waals surface area contributed by atoms with Gasteiger partial charge in [-0.1, -0.05) is 20.8 Å². The molecule has 0 fully saturated rings. The van der Waals surface area contributed by atoms with Gasteiger partial charge in [0.25, 0.3) is 0 Å². The van der Waals surface area contributed by atoms with Crippen molar-refractivity contribution in [1.29, 1.82) is 0 Å². The molecule has 3 nitrogen and oxygen atoms in total. The van der Waals surface area contributed by atoms with Crippen molar-refractivity contribution in [2.45, 2.75) is 44.9 Å². The van der Waals surface area contributed by atoms with Crippen LogP contribution in [-0.4, -0.2) is 39.5 Å². The number of rotatable bonds is 8. The van der Waals surface area contributed by atoms with E-state index in [0.29, 0.717) is 12.2 Å². The molecule has 0 saturated heterocycles. The summed E-state index contributed by atoms with van der Waals surface area (Å²) in [6.07, 6.45) is 1.76. The molecule has 0 rings (SSSR count). The Bertz CT molecular complexity index is 162. The molecule has 0 amide bonds. The first-order valence-electron chi connectivity index (χ1n) is 5.33. The van der Waals surface area contributed by atoms with Crippen LogP contribution in [0.15, 0.2) is 0 Å². The van der Waals surface area contributed by atoms with Crippen LogP contribution in [-0.2, 0) is 10.8 Å². The smallest absolute Gasteiger partial charge is 0.0446 e. The predicted octanol–water partition coefficient (Wildman–Crippen LogP) is 0.894. The van der Waals surface area contributed by atoms with Crippen LogP contribution in [0.25, 0.3) is 0 Å². The monoisotopic (exact) mass is 221 g/mol. The van der Waals surface area contributed by atoms with Crippen molar-refractivity contribution >= 4 is 10.8 Å². The number of hydrogen-bond acceptors (Lipinski definition) is 3. The van der Waals surface area contributed by atoms with Crippen LogP contribution in [0.4, 0.5) is 0 Å². The van der Waals surface area contributed by atoms with Gasteiger partial charge in [0.2, 0.25) is 0 Å². The summed E-state index contributed by atoms with van der Waals surface area (Å²) >= 11 is 0. The van der Waals surface area contributed by atoms with Gasteiger partial charge in [0.15, 0.2) is 0 Å². The van der Waals surface area contributed by atoms with Crippen molar-refractivity contribution in [2.75, 3.05) is 18.9 Å². The summed E-state index contributed by atoms with van der Waals surface area (Å²) in [5.74, 6) is 0.651. The first-order chi connectivity index (χ1) is 6.61. The highest BCUT2D eigenvalue weighted by Gasteiger charge is 2.13. The zero-order chi connectivity index (χ0) is 11.0. The average Bonchev–Trinajstić information content (AvgIpc) is 2.14. The molecule has 0 aromatic carbocycles. The van der Waals surface area contributed by atoms with Gasteiger partial charge in [-0.05, 0) is 19.4 Å². The quantitative estimate of drug-likeness (QED) is 0.640. The second-order valence-electron chi connectivity index (χ2n) is 3.76. The van der Waals surface area contributed by atoms with Gasteiger partial charge in [-0.2, -0.15) is 0 Å². The summed E-state index contributed by atoms with van der Waals surface area (Å²) in [6, 6.07) is 0.197. The number of aliphatic hydroxyl groups is 1. The molecule has 0 aliphatic heterocycles. The molecule has 0 spiro atoms. The molecule has 0 aliphatic rings. The van der Waals surface area contributed by atoms with E-state index in [4.69, 9.17) is 5.11 Å². The van der Waals surface area contributed by atoms with Gasteiger partial charge >= 0.3 is 0 Å². The fourth-order valence-electron chi connectivity index (χ4n) is 1.14. The van der Waals surface area contributed by atoms with Crippen molar-refractivity contribution in [3.8, 4) is 0 Å². The van der Waals surface area contributed by atoms with Gasteiger partial charge in [0.05, 0.1) is 0 Å². The second-order valence-corrected chi connectivity index (χ2v) is 5.80. The zero-order valence-corrected chi connectivity index (χ0v) is 10.3. The highest BCUT2D eigenvalue weighted by atomic mass is 32.2. The maximum Gasteiger partial charge on any atom is 0.0446 e. The molecule has 0 bridgehead atoms. The minimum absolute atomic E-state index is 0.163. The Balaban J connectivity index is 3.88. The van der Waals surface area contributed by atoms with Crippen molar-refractivity contribution in [3.63, 3.8) is 0 Å². The van der Waals surface area contributed by atoms with E-state index in [0.717, 1.165) is 13.0 Å². The molecule has 0 aliphatic carbocycles. The van der Waals surface area contributed by atoms with Gasteiger partial charge in [-0.3, -0.25) is 4.21 Å². The summed E-state index contributed by atoms with van der Waals surface area (Å²) in [5.41, 5.74) is 0. The molecule has 0 radical (unpaired) electrons. The van der Waals surface area contributed by atoms with E-state index < -0.39 is 10.8 Å². The molecule has 4 heteroatoms. The van der Waals surface area contributed by atoms with Crippen LogP contribution in [0.2, 0.25) is 0 Å². The largest absolute Gasteiger partial charge is 0.396 e. The normalized spacial score (nSPS) is 15.8. The summed E-state index contributed by atoms with van der Waals surface area (Å²) in [6.45, 7) is 7.12. The Morgan fingerprint density at radius 3 is 2.50 bits per heavy atom. The summed E-state index contributed by atoms with van der Waals surface area (Å²) in [7, 11) is -0.780. The Morgan fingerprint density at radius 2 is 2.07 bits per heavy atom. The van der Waals surface area contributed by atoms with Crippen LogP contribution in [0.1, 0.15) is 33.6 Å². The molecule has 0 heterocycles. The van der Waals surface area contributed by atoms with E-state index in [1.54, 1.807) is 0 Å². The molecular formula is C10H23NO2S. The van der Waals surface area contributed by atoms with E-state index in [1.165, 1.54) is 0 Å². The van der Waals surface area contributed by atoms with E-state index >= 15 is 0 Å². The predicted molar refractivity (Wildman–Crippen MR) is 61.9 cm³/mol. The fraction of sp³-hybridized carbons (Fsp3) is 1.00. The van der Waals surface area contributed by atoms with Gasteiger partial charge in [0, 0.05) is 34.5 Å². The Kier molecular flexibility index (Phi) is 8.43. The Morgan fingerprint density at radius 1 is 1.43 bits per heavy atom. The average molecular weight is 221 g/mol. The Hall–Kier alpha value is 0.0700. The zero-order valence-electron chi connectivity index (χ0n) is 9.45.